The van der Waals surface area contributed by atoms with Crippen LogP contribution in [-0.4, -0.2) is 18.9 Å². The summed E-state index contributed by atoms with van der Waals surface area (Å²) in [6.07, 6.45) is 4.85. The molecule has 2 aromatic carbocycles. The van der Waals surface area contributed by atoms with Crippen LogP contribution >= 0.6 is 0 Å². The number of esters is 1. The number of hydrogen-bond donors (Lipinski definition) is 0. The van der Waals surface area contributed by atoms with Crippen LogP contribution in [0.4, 0.5) is 0 Å². The number of rotatable bonds is 3. The summed E-state index contributed by atoms with van der Waals surface area (Å²) in [7, 11) is 1.38. The lowest BCUT2D eigenvalue weighted by atomic mass is 9.85. The van der Waals surface area contributed by atoms with E-state index in [9.17, 15) is 9.59 Å². The predicted octanol–water partition coefficient (Wildman–Crippen LogP) is 4.76. The molecule has 1 unspecified atom stereocenters. The van der Waals surface area contributed by atoms with Crippen LogP contribution in [0, 0.1) is 0 Å². The van der Waals surface area contributed by atoms with E-state index in [0.29, 0.717) is 17.8 Å². The fraction of sp³-hybridized carbons (Fsp3) is 0.333. The number of carbonyl (C=O) groups is 2. The molecule has 0 bridgehead atoms. The smallest absolute Gasteiger partial charge is 0.337 e. The van der Waals surface area contributed by atoms with E-state index < -0.39 is 0 Å². The molecule has 124 valence electrons. The van der Waals surface area contributed by atoms with E-state index in [0.717, 1.165) is 42.4 Å². The van der Waals surface area contributed by atoms with E-state index >= 15 is 0 Å². The second kappa shape index (κ2) is 7.43. The van der Waals surface area contributed by atoms with Crippen LogP contribution in [0.15, 0.2) is 48.5 Å². The van der Waals surface area contributed by atoms with Gasteiger partial charge in [-0.25, -0.2) is 4.79 Å². The first-order chi connectivity index (χ1) is 11.7. The summed E-state index contributed by atoms with van der Waals surface area (Å²) in [6, 6.07) is 15.5. The Labute approximate surface area is 142 Å². The molecule has 0 amide bonds. The van der Waals surface area contributed by atoms with Gasteiger partial charge in [-0.05, 0) is 41.7 Å². The average Bonchev–Trinajstić information content (AvgIpc) is 2.85. The molecule has 0 N–H and O–H groups in total. The molecule has 0 aromatic heterocycles. The zero-order valence-corrected chi connectivity index (χ0v) is 14.0. The van der Waals surface area contributed by atoms with Gasteiger partial charge in [0.15, 0.2) is 0 Å². The molecule has 1 fully saturated rings. The normalized spacial score (nSPS) is 18.0. The maximum absolute atomic E-state index is 12.5. The Kier molecular flexibility index (Phi) is 5.09. The van der Waals surface area contributed by atoms with Crippen molar-refractivity contribution >= 4 is 11.8 Å². The van der Waals surface area contributed by atoms with Gasteiger partial charge in [0, 0.05) is 12.3 Å². The maximum atomic E-state index is 12.5. The van der Waals surface area contributed by atoms with E-state index in [1.54, 1.807) is 12.1 Å². The number of Topliss-reactive ketones (excluding diaryl/α,β-unsaturated/α-hetero) is 1. The van der Waals surface area contributed by atoms with Crippen molar-refractivity contribution in [3.8, 4) is 11.1 Å². The van der Waals surface area contributed by atoms with Crippen LogP contribution in [0.1, 0.15) is 53.9 Å². The van der Waals surface area contributed by atoms with Crippen LogP contribution in [0.2, 0.25) is 0 Å². The minimum atomic E-state index is -0.339. The first-order valence-corrected chi connectivity index (χ1v) is 8.51. The number of hydrogen-bond acceptors (Lipinski definition) is 3. The quantitative estimate of drug-likeness (QED) is 0.604. The van der Waals surface area contributed by atoms with Crippen molar-refractivity contribution in [1.82, 2.24) is 0 Å². The summed E-state index contributed by atoms with van der Waals surface area (Å²) in [5, 5.41) is 0. The summed E-state index contributed by atoms with van der Waals surface area (Å²) >= 11 is 0. The van der Waals surface area contributed by atoms with Gasteiger partial charge in [0.25, 0.3) is 0 Å². The lowest BCUT2D eigenvalue weighted by Gasteiger charge is -2.18. The first-order valence-electron chi connectivity index (χ1n) is 8.51. The molecule has 2 aromatic rings. The molecule has 1 atom stereocenters. The lowest BCUT2D eigenvalue weighted by molar-refractivity contribution is -0.120. The minimum absolute atomic E-state index is 0.0102. The van der Waals surface area contributed by atoms with Gasteiger partial charge >= 0.3 is 5.97 Å². The van der Waals surface area contributed by atoms with E-state index in [1.807, 2.05) is 24.3 Å². The number of ketones is 1. The molecular weight excluding hydrogens is 300 g/mol. The monoisotopic (exact) mass is 322 g/mol. The molecule has 1 aliphatic carbocycles. The second-order valence-electron chi connectivity index (χ2n) is 6.27. The third kappa shape index (κ3) is 3.40. The number of benzene rings is 2. The molecule has 0 spiro atoms. The first kappa shape index (κ1) is 16.4. The average molecular weight is 322 g/mol. The minimum Gasteiger partial charge on any atom is -0.465 e. The van der Waals surface area contributed by atoms with Crippen molar-refractivity contribution in [3.05, 3.63) is 59.7 Å². The van der Waals surface area contributed by atoms with Crippen LogP contribution in [-0.2, 0) is 9.53 Å². The van der Waals surface area contributed by atoms with Crippen LogP contribution in [0.5, 0.6) is 0 Å². The molecule has 1 aliphatic rings. The zero-order chi connectivity index (χ0) is 16.9. The van der Waals surface area contributed by atoms with Crippen LogP contribution in [0.25, 0.3) is 11.1 Å². The van der Waals surface area contributed by atoms with Gasteiger partial charge in [-0.3, -0.25) is 4.79 Å². The van der Waals surface area contributed by atoms with Gasteiger partial charge in [0.05, 0.1) is 12.7 Å². The van der Waals surface area contributed by atoms with Crippen molar-refractivity contribution in [2.75, 3.05) is 7.11 Å². The van der Waals surface area contributed by atoms with E-state index in [2.05, 4.69) is 12.1 Å². The van der Waals surface area contributed by atoms with E-state index in [1.165, 1.54) is 7.11 Å². The largest absolute Gasteiger partial charge is 0.465 e. The lowest BCUT2D eigenvalue weighted by Crippen LogP contribution is -2.11. The van der Waals surface area contributed by atoms with Crippen molar-refractivity contribution in [2.45, 2.75) is 38.0 Å². The third-order valence-corrected chi connectivity index (χ3v) is 4.76. The van der Waals surface area contributed by atoms with E-state index in [4.69, 9.17) is 4.74 Å². The molecular formula is C21H22O3. The van der Waals surface area contributed by atoms with Gasteiger partial charge in [-0.1, -0.05) is 49.2 Å². The molecule has 3 nitrogen and oxygen atoms in total. The van der Waals surface area contributed by atoms with Crippen LogP contribution in [0.3, 0.4) is 0 Å². The molecule has 0 aliphatic heterocycles. The van der Waals surface area contributed by atoms with Crippen molar-refractivity contribution in [2.24, 2.45) is 0 Å². The van der Waals surface area contributed by atoms with Gasteiger partial charge in [-0.15, -0.1) is 0 Å². The molecule has 3 rings (SSSR count). The van der Waals surface area contributed by atoms with Gasteiger partial charge in [0.2, 0.25) is 0 Å². The summed E-state index contributed by atoms with van der Waals surface area (Å²) in [4.78, 5) is 24.1. The second-order valence-corrected chi connectivity index (χ2v) is 6.27. The summed E-state index contributed by atoms with van der Waals surface area (Å²) in [5.41, 5.74) is 3.74. The maximum Gasteiger partial charge on any atom is 0.337 e. The fourth-order valence-corrected chi connectivity index (χ4v) is 3.46. The Hall–Kier alpha value is -2.42. The molecule has 0 heterocycles. The van der Waals surface area contributed by atoms with Crippen molar-refractivity contribution in [3.63, 3.8) is 0 Å². The van der Waals surface area contributed by atoms with Gasteiger partial charge in [0.1, 0.15) is 5.78 Å². The predicted molar refractivity (Wildman–Crippen MR) is 94.1 cm³/mol. The SMILES string of the molecule is COC(=O)c1ccc(-c2ccccc2C2CCCCCC2=O)cc1. The summed E-state index contributed by atoms with van der Waals surface area (Å²) in [5.74, 6) is 0.00361. The highest BCUT2D eigenvalue weighted by molar-refractivity contribution is 5.91. The molecule has 24 heavy (non-hydrogen) atoms. The van der Waals surface area contributed by atoms with Gasteiger partial charge in [-0.2, -0.15) is 0 Å². The highest BCUT2D eigenvalue weighted by Crippen LogP contribution is 2.35. The zero-order valence-electron chi connectivity index (χ0n) is 14.0. The summed E-state index contributed by atoms with van der Waals surface area (Å²) in [6.45, 7) is 0. The van der Waals surface area contributed by atoms with Crippen molar-refractivity contribution < 1.29 is 14.3 Å². The number of carbonyl (C=O) groups excluding carboxylic acids is 2. The van der Waals surface area contributed by atoms with Crippen molar-refractivity contribution in [1.29, 1.82) is 0 Å². The number of methoxy groups -OCH3 is 1. The Morgan fingerprint density at radius 2 is 1.75 bits per heavy atom. The Morgan fingerprint density at radius 1 is 1.00 bits per heavy atom. The van der Waals surface area contributed by atoms with Gasteiger partial charge < -0.3 is 4.74 Å². The number of ether oxygens (including phenoxy) is 1. The topological polar surface area (TPSA) is 43.4 Å². The molecule has 3 heteroatoms. The molecule has 0 radical (unpaired) electrons. The molecule has 0 saturated heterocycles. The van der Waals surface area contributed by atoms with E-state index in [-0.39, 0.29) is 11.9 Å². The Bertz CT molecular complexity index is 731. The summed E-state index contributed by atoms with van der Waals surface area (Å²) < 4.78 is 4.75. The standard InChI is InChI=1S/C21H22O3/c1-24-21(23)16-13-11-15(12-14-16)17-7-5-6-8-18(17)19-9-3-2-4-10-20(19)22/h5-8,11-14,19H,2-4,9-10H2,1H3. The highest BCUT2D eigenvalue weighted by Gasteiger charge is 2.24. The fourth-order valence-electron chi connectivity index (χ4n) is 3.46. The van der Waals surface area contributed by atoms with Crippen LogP contribution < -0.4 is 0 Å². The Morgan fingerprint density at radius 3 is 2.50 bits per heavy atom. The highest BCUT2D eigenvalue weighted by atomic mass is 16.5. The third-order valence-electron chi connectivity index (χ3n) is 4.76. The Balaban J connectivity index is 1.97. The molecule has 1 saturated carbocycles.